The molecule has 0 aliphatic heterocycles. The second kappa shape index (κ2) is 6.23. The molecule has 0 heterocycles. The number of carboxylic acid groups (broad SMARTS) is 1. The molecule has 0 bridgehead atoms. The summed E-state index contributed by atoms with van der Waals surface area (Å²) in [5.74, 6) is -3.41. The molecular weight excluding hydrogens is 287 g/mol. The third kappa shape index (κ3) is 4.11. The maximum atomic E-state index is 12.7. The Labute approximate surface area is 121 Å². The molecule has 2 saturated carbocycles. The van der Waals surface area contributed by atoms with Crippen molar-refractivity contribution in [1.82, 2.24) is 5.32 Å². The van der Waals surface area contributed by atoms with E-state index in [1.165, 1.54) is 0 Å². The van der Waals surface area contributed by atoms with E-state index < -0.39 is 30.0 Å². The van der Waals surface area contributed by atoms with Gasteiger partial charge in [-0.2, -0.15) is 13.2 Å². The number of carbonyl (C=O) groups is 2. The zero-order chi connectivity index (χ0) is 15.6. The van der Waals surface area contributed by atoms with E-state index in [0.29, 0.717) is 25.7 Å². The fraction of sp³-hybridized carbons (Fsp3) is 0.857. The summed E-state index contributed by atoms with van der Waals surface area (Å²) in [6.07, 6.45) is -1.88. The Balaban J connectivity index is 1.84. The normalized spacial score (nSPS) is 33.7. The molecule has 4 atom stereocenters. The predicted octanol–water partition coefficient (Wildman–Crippen LogP) is 2.72. The molecule has 4 nitrogen and oxygen atoms in total. The van der Waals surface area contributed by atoms with Crippen LogP contribution < -0.4 is 5.32 Å². The molecule has 0 aromatic heterocycles. The molecule has 0 spiro atoms. The number of hydrogen-bond donors (Lipinski definition) is 2. The number of alkyl halides is 3. The summed E-state index contributed by atoms with van der Waals surface area (Å²) in [7, 11) is 0. The average molecular weight is 307 g/mol. The van der Waals surface area contributed by atoms with Gasteiger partial charge in [-0.1, -0.05) is 6.42 Å². The van der Waals surface area contributed by atoms with Gasteiger partial charge in [-0.05, 0) is 38.5 Å². The van der Waals surface area contributed by atoms with Gasteiger partial charge in [-0.15, -0.1) is 0 Å². The second-order valence-electron chi connectivity index (χ2n) is 6.16. The first-order valence-electron chi connectivity index (χ1n) is 7.37. The lowest BCUT2D eigenvalue weighted by molar-refractivity contribution is -0.184. The minimum Gasteiger partial charge on any atom is -0.481 e. The Morgan fingerprint density at radius 3 is 2.24 bits per heavy atom. The molecule has 0 aromatic carbocycles. The predicted molar refractivity (Wildman–Crippen MR) is 68.4 cm³/mol. The summed E-state index contributed by atoms with van der Waals surface area (Å²) in [6.45, 7) is 0. The van der Waals surface area contributed by atoms with Crippen LogP contribution in [0.15, 0.2) is 0 Å². The first-order valence-corrected chi connectivity index (χ1v) is 7.37. The van der Waals surface area contributed by atoms with Crippen LogP contribution in [-0.4, -0.2) is 29.2 Å². The van der Waals surface area contributed by atoms with Crippen LogP contribution in [0.2, 0.25) is 0 Å². The Morgan fingerprint density at radius 2 is 1.67 bits per heavy atom. The van der Waals surface area contributed by atoms with Crippen LogP contribution in [0.5, 0.6) is 0 Å². The lowest BCUT2D eigenvalue weighted by Crippen LogP contribution is -2.43. The van der Waals surface area contributed by atoms with Crippen LogP contribution >= 0.6 is 0 Å². The molecule has 2 fully saturated rings. The van der Waals surface area contributed by atoms with Gasteiger partial charge in [0.2, 0.25) is 5.91 Å². The van der Waals surface area contributed by atoms with Crippen LogP contribution in [0.1, 0.15) is 44.9 Å². The molecule has 0 aromatic rings. The van der Waals surface area contributed by atoms with Gasteiger partial charge in [0.05, 0.1) is 11.8 Å². The third-order valence-electron chi connectivity index (χ3n) is 4.64. The van der Waals surface area contributed by atoms with E-state index in [1.54, 1.807) is 0 Å². The van der Waals surface area contributed by atoms with Crippen molar-refractivity contribution in [2.75, 3.05) is 0 Å². The summed E-state index contributed by atoms with van der Waals surface area (Å²) >= 11 is 0. The molecular formula is C14H20F3NO3. The van der Waals surface area contributed by atoms with Crippen LogP contribution in [0.4, 0.5) is 13.2 Å². The van der Waals surface area contributed by atoms with Crippen molar-refractivity contribution >= 4 is 11.9 Å². The summed E-state index contributed by atoms with van der Waals surface area (Å²) < 4.78 is 38.1. The highest BCUT2D eigenvalue weighted by Crippen LogP contribution is 2.38. The Hall–Kier alpha value is -1.27. The summed E-state index contributed by atoms with van der Waals surface area (Å²) in [4.78, 5) is 22.9. The number of aliphatic carboxylic acids is 1. The van der Waals surface area contributed by atoms with Crippen LogP contribution in [0.3, 0.4) is 0 Å². The number of amides is 1. The maximum absolute atomic E-state index is 12.7. The molecule has 2 N–H and O–H groups in total. The summed E-state index contributed by atoms with van der Waals surface area (Å²) in [6, 6.07) is -0.443. The first kappa shape index (κ1) is 16.1. The van der Waals surface area contributed by atoms with Gasteiger partial charge in [0.25, 0.3) is 0 Å². The number of halogens is 3. The number of hydrogen-bond acceptors (Lipinski definition) is 2. The molecule has 2 aliphatic rings. The van der Waals surface area contributed by atoms with Gasteiger partial charge in [0.1, 0.15) is 0 Å². The van der Waals surface area contributed by atoms with Crippen molar-refractivity contribution in [3.8, 4) is 0 Å². The molecule has 0 saturated heterocycles. The maximum Gasteiger partial charge on any atom is 0.391 e. The van der Waals surface area contributed by atoms with Crippen molar-refractivity contribution in [1.29, 1.82) is 0 Å². The topological polar surface area (TPSA) is 66.4 Å². The standard InChI is InChI=1S/C14H20F3NO3/c15-14(16,17)10-2-1-3-11(7-10)18-12(19)8-4-5-9(6-8)13(20)21/h8-11H,1-7H2,(H,18,19)(H,20,21). The lowest BCUT2D eigenvalue weighted by Gasteiger charge is -2.31. The van der Waals surface area contributed by atoms with E-state index in [4.69, 9.17) is 5.11 Å². The third-order valence-corrected chi connectivity index (χ3v) is 4.64. The minimum atomic E-state index is -4.20. The van der Waals surface area contributed by atoms with Crippen LogP contribution in [0, 0.1) is 17.8 Å². The molecule has 0 radical (unpaired) electrons. The Bertz CT molecular complexity index is 411. The smallest absolute Gasteiger partial charge is 0.391 e. The molecule has 2 rings (SSSR count). The Kier molecular flexibility index (Phi) is 4.78. The van der Waals surface area contributed by atoms with Gasteiger partial charge in [-0.3, -0.25) is 9.59 Å². The second-order valence-corrected chi connectivity index (χ2v) is 6.16. The number of carboxylic acids is 1. The number of carbonyl (C=O) groups excluding carboxylic acids is 1. The highest BCUT2D eigenvalue weighted by Gasteiger charge is 2.43. The fourth-order valence-corrected chi connectivity index (χ4v) is 3.38. The van der Waals surface area contributed by atoms with Gasteiger partial charge < -0.3 is 10.4 Å². The van der Waals surface area contributed by atoms with E-state index in [-0.39, 0.29) is 31.1 Å². The lowest BCUT2D eigenvalue weighted by atomic mass is 9.85. The molecule has 21 heavy (non-hydrogen) atoms. The van der Waals surface area contributed by atoms with Crippen molar-refractivity contribution in [2.24, 2.45) is 17.8 Å². The van der Waals surface area contributed by atoms with Crippen LogP contribution in [0.25, 0.3) is 0 Å². The quantitative estimate of drug-likeness (QED) is 0.842. The van der Waals surface area contributed by atoms with Gasteiger partial charge in [0, 0.05) is 12.0 Å². The van der Waals surface area contributed by atoms with Crippen molar-refractivity contribution < 1.29 is 27.9 Å². The number of nitrogens with one attached hydrogen (secondary N) is 1. The van der Waals surface area contributed by atoms with E-state index in [9.17, 15) is 22.8 Å². The first-order chi connectivity index (χ1) is 9.77. The fourth-order valence-electron chi connectivity index (χ4n) is 3.38. The van der Waals surface area contributed by atoms with Gasteiger partial charge >= 0.3 is 12.1 Å². The van der Waals surface area contributed by atoms with E-state index in [2.05, 4.69) is 5.32 Å². The monoisotopic (exact) mass is 307 g/mol. The largest absolute Gasteiger partial charge is 0.481 e. The van der Waals surface area contributed by atoms with Crippen molar-refractivity contribution in [3.63, 3.8) is 0 Å². The van der Waals surface area contributed by atoms with Gasteiger partial charge in [-0.25, -0.2) is 0 Å². The van der Waals surface area contributed by atoms with E-state index >= 15 is 0 Å². The van der Waals surface area contributed by atoms with E-state index in [0.717, 1.165) is 0 Å². The summed E-state index contributed by atoms with van der Waals surface area (Å²) in [5.41, 5.74) is 0. The summed E-state index contributed by atoms with van der Waals surface area (Å²) in [5, 5.41) is 11.6. The molecule has 4 unspecified atom stereocenters. The number of rotatable bonds is 3. The molecule has 120 valence electrons. The highest BCUT2D eigenvalue weighted by atomic mass is 19.4. The van der Waals surface area contributed by atoms with Gasteiger partial charge in [0.15, 0.2) is 0 Å². The molecule has 1 amide bonds. The van der Waals surface area contributed by atoms with Crippen LogP contribution in [-0.2, 0) is 9.59 Å². The van der Waals surface area contributed by atoms with E-state index in [1.807, 2.05) is 0 Å². The minimum absolute atomic E-state index is 0.0652. The highest BCUT2D eigenvalue weighted by molar-refractivity contribution is 5.81. The van der Waals surface area contributed by atoms with Crippen molar-refractivity contribution in [2.45, 2.75) is 57.2 Å². The Morgan fingerprint density at radius 1 is 1.00 bits per heavy atom. The average Bonchev–Trinajstić information content (AvgIpc) is 2.88. The molecule has 2 aliphatic carbocycles. The zero-order valence-electron chi connectivity index (χ0n) is 11.7. The zero-order valence-corrected chi connectivity index (χ0v) is 11.7. The SMILES string of the molecule is O=C(O)C1CCC(C(=O)NC2CCCC(C(F)(F)F)C2)C1. The molecule has 7 heteroatoms. The van der Waals surface area contributed by atoms with Crippen molar-refractivity contribution in [3.05, 3.63) is 0 Å².